The minimum absolute atomic E-state index is 0.392. The molecule has 0 radical (unpaired) electrons. The quantitative estimate of drug-likeness (QED) is 0.499. The smallest absolute Gasteiger partial charge is 0.247 e. The molecule has 144 valence electrons. The first-order valence-corrected chi connectivity index (χ1v) is 9.41. The maximum absolute atomic E-state index is 9.55. The van der Waals surface area contributed by atoms with Gasteiger partial charge in [-0.2, -0.15) is 10.2 Å². The van der Waals surface area contributed by atoms with Gasteiger partial charge in [0.2, 0.25) is 5.95 Å². The largest absolute Gasteiger partial charge is 0.323 e. The molecule has 0 aliphatic carbocycles. The number of rotatable bonds is 4. The fraction of sp³-hybridized carbons (Fsp3) is 0.100. The Morgan fingerprint density at radius 3 is 2.55 bits per heavy atom. The van der Waals surface area contributed by atoms with Crippen LogP contribution in [0.25, 0.3) is 11.4 Å². The van der Waals surface area contributed by atoms with E-state index in [1.165, 1.54) is 0 Å². The molecule has 4 aromatic rings. The lowest BCUT2D eigenvalue weighted by Crippen LogP contribution is -2.01. The van der Waals surface area contributed by atoms with Crippen LogP contribution in [0.3, 0.4) is 0 Å². The number of benzene rings is 2. The monoisotopic (exact) mass is 423 g/mol. The summed E-state index contributed by atoms with van der Waals surface area (Å²) in [5.41, 5.74) is 3.51. The van der Waals surface area contributed by atoms with Gasteiger partial charge < -0.3 is 9.88 Å². The Morgan fingerprint density at radius 1 is 1.07 bits per heavy atom. The zero-order valence-electron chi connectivity index (χ0n) is 15.6. The number of imidazole rings is 1. The molecule has 0 aliphatic rings. The summed E-state index contributed by atoms with van der Waals surface area (Å²) in [6, 6.07) is 12.9. The van der Waals surface area contributed by atoms with Gasteiger partial charge in [0.1, 0.15) is 11.9 Å². The van der Waals surface area contributed by atoms with Crippen molar-refractivity contribution in [1.82, 2.24) is 24.3 Å². The second kappa shape index (κ2) is 7.59. The number of nitriles is 1. The number of nitrogens with one attached hydrogen (secondary N) is 1. The maximum Gasteiger partial charge on any atom is 0.247 e. The molecule has 7 nitrogen and oxygen atoms in total. The summed E-state index contributed by atoms with van der Waals surface area (Å²) in [5.74, 6) is 1.05. The van der Waals surface area contributed by atoms with Crippen molar-refractivity contribution in [2.45, 2.75) is 13.8 Å². The van der Waals surface area contributed by atoms with Crippen molar-refractivity contribution in [3.8, 4) is 17.4 Å². The predicted molar refractivity (Wildman–Crippen MR) is 112 cm³/mol. The molecular weight excluding hydrogens is 409 g/mol. The van der Waals surface area contributed by atoms with Gasteiger partial charge in [0.05, 0.1) is 34.0 Å². The molecule has 0 atom stereocenters. The summed E-state index contributed by atoms with van der Waals surface area (Å²) in [6.07, 6.45) is 3.55. The number of aromatic nitrogens is 5. The van der Waals surface area contributed by atoms with E-state index in [-0.39, 0.29) is 0 Å². The molecule has 0 amide bonds. The summed E-state index contributed by atoms with van der Waals surface area (Å²) in [5, 5.41) is 18.2. The SMILES string of the molecule is Cc1cn(-c2ccc(Nc3nc(C)n(-c4ccc(Cl)cc4Cl)n3)cc2C#N)cn1. The minimum atomic E-state index is 0.392. The number of aryl methyl sites for hydroxylation is 2. The molecule has 0 unspecified atom stereocenters. The second-order valence-electron chi connectivity index (χ2n) is 6.38. The lowest BCUT2D eigenvalue weighted by molar-refractivity contribution is 0.842. The van der Waals surface area contributed by atoms with Crippen molar-refractivity contribution in [2.24, 2.45) is 0 Å². The van der Waals surface area contributed by atoms with Gasteiger partial charge in [-0.25, -0.2) is 9.67 Å². The normalized spacial score (nSPS) is 10.7. The van der Waals surface area contributed by atoms with Gasteiger partial charge in [-0.3, -0.25) is 0 Å². The Hall–Kier alpha value is -3.34. The standard InChI is InChI=1S/C20H15Cl2N7/c1-12-10-28(11-24-12)18-6-4-16(7-14(18)9-23)26-20-25-13(2)29(27-20)19-5-3-15(21)8-17(19)22/h3-8,10-11H,1-2H3,(H,26,27). The highest BCUT2D eigenvalue weighted by Gasteiger charge is 2.13. The number of hydrogen-bond acceptors (Lipinski definition) is 5. The summed E-state index contributed by atoms with van der Waals surface area (Å²) in [4.78, 5) is 8.64. The Balaban J connectivity index is 1.64. The number of hydrogen-bond donors (Lipinski definition) is 1. The average Bonchev–Trinajstić information content (AvgIpc) is 3.27. The van der Waals surface area contributed by atoms with Gasteiger partial charge in [-0.15, -0.1) is 5.10 Å². The molecule has 9 heteroatoms. The van der Waals surface area contributed by atoms with E-state index in [0.717, 1.165) is 11.4 Å². The topological polar surface area (TPSA) is 84.4 Å². The molecule has 29 heavy (non-hydrogen) atoms. The fourth-order valence-electron chi connectivity index (χ4n) is 2.93. The van der Waals surface area contributed by atoms with Crippen molar-refractivity contribution in [3.63, 3.8) is 0 Å². The van der Waals surface area contributed by atoms with Gasteiger partial charge in [0, 0.05) is 16.9 Å². The first kappa shape index (κ1) is 19.0. The van der Waals surface area contributed by atoms with Gasteiger partial charge in [-0.1, -0.05) is 23.2 Å². The summed E-state index contributed by atoms with van der Waals surface area (Å²) >= 11 is 12.3. The molecule has 2 aromatic carbocycles. The van der Waals surface area contributed by atoms with Crippen LogP contribution in [0, 0.1) is 25.2 Å². The van der Waals surface area contributed by atoms with E-state index in [1.54, 1.807) is 35.3 Å². The zero-order valence-corrected chi connectivity index (χ0v) is 17.1. The molecule has 0 saturated carbocycles. The first-order chi connectivity index (χ1) is 13.9. The van der Waals surface area contributed by atoms with Gasteiger partial charge in [-0.05, 0) is 50.2 Å². The van der Waals surface area contributed by atoms with Crippen molar-refractivity contribution in [1.29, 1.82) is 5.26 Å². The third-order valence-corrected chi connectivity index (χ3v) is 4.81. The Labute approximate surface area is 177 Å². The third kappa shape index (κ3) is 3.81. The molecular formula is C20H15Cl2N7. The van der Waals surface area contributed by atoms with Gasteiger partial charge >= 0.3 is 0 Å². The third-order valence-electron chi connectivity index (χ3n) is 4.27. The van der Waals surface area contributed by atoms with E-state index in [4.69, 9.17) is 23.2 Å². The lowest BCUT2D eigenvalue weighted by atomic mass is 10.1. The molecule has 0 saturated heterocycles. The van der Waals surface area contributed by atoms with E-state index >= 15 is 0 Å². The van der Waals surface area contributed by atoms with Crippen LogP contribution >= 0.6 is 23.2 Å². The lowest BCUT2D eigenvalue weighted by Gasteiger charge is -2.08. The number of halogens is 2. The van der Waals surface area contributed by atoms with E-state index < -0.39 is 0 Å². The molecule has 2 aromatic heterocycles. The van der Waals surface area contributed by atoms with Crippen LogP contribution in [0.4, 0.5) is 11.6 Å². The molecule has 0 fully saturated rings. The van der Waals surface area contributed by atoms with E-state index in [1.807, 2.05) is 36.7 Å². The van der Waals surface area contributed by atoms with Crippen molar-refractivity contribution in [3.05, 3.63) is 76.0 Å². The van der Waals surface area contributed by atoms with E-state index in [9.17, 15) is 5.26 Å². The highest BCUT2D eigenvalue weighted by atomic mass is 35.5. The van der Waals surface area contributed by atoms with Crippen LogP contribution in [0.5, 0.6) is 0 Å². The summed E-state index contributed by atoms with van der Waals surface area (Å²) < 4.78 is 3.45. The molecule has 1 N–H and O–H groups in total. The second-order valence-corrected chi connectivity index (χ2v) is 7.22. The van der Waals surface area contributed by atoms with Gasteiger partial charge in [0.25, 0.3) is 0 Å². The van der Waals surface area contributed by atoms with Crippen LogP contribution in [0.2, 0.25) is 10.0 Å². The molecule has 0 aliphatic heterocycles. The van der Waals surface area contributed by atoms with Crippen LogP contribution < -0.4 is 5.32 Å². The van der Waals surface area contributed by atoms with Crippen molar-refractivity contribution in [2.75, 3.05) is 5.32 Å². The van der Waals surface area contributed by atoms with Crippen molar-refractivity contribution >= 4 is 34.8 Å². The minimum Gasteiger partial charge on any atom is -0.323 e. The highest BCUT2D eigenvalue weighted by molar-refractivity contribution is 6.35. The highest BCUT2D eigenvalue weighted by Crippen LogP contribution is 2.26. The molecule has 4 rings (SSSR count). The number of anilines is 2. The van der Waals surface area contributed by atoms with Crippen LogP contribution in [-0.4, -0.2) is 24.3 Å². The van der Waals surface area contributed by atoms with Crippen LogP contribution in [0.1, 0.15) is 17.1 Å². The predicted octanol–water partition coefficient (Wildman–Crippen LogP) is 4.99. The Morgan fingerprint density at radius 2 is 1.86 bits per heavy atom. The van der Waals surface area contributed by atoms with Gasteiger partial charge in [0.15, 0.2) is 0 Å². The van der Waals surface area contributed by atoms with E-state index in [2.05, 4.69) is 26.5 Å². The fourth-order valence-corrected chi connectivity index (χ4v) is 3.42. The summed E-state index contributed by atoms with van der Waals surface area (Å²) in [7, 11) is 0. The van der Waals surface area contributed by atoms with Crippen LogP contribution in [-0.2, 0) is 0 Å². The number of nitrogens with zero attached hydrogens (tertiary/aromatic N) is 6. The zero-order chi connectivity index (χ0) is 20.5. The Kier molecular flexibility index (Phi) is 4.97. The van der Waals surface area contributed by atoms with Crippen LogP contribution in [0.15, 0.2) is 48.9 Å². The van der Waals surface area contributed by atoms with Crippen molar-refractivity contribution < 1.29 is 0 Å². The first-order valence-electron chi connectivity index (χ1n) is 8.66. The Bertz CT molecular complexity index is 1250. The molecule has 0 spiro atoms. The molecule has 0 bridgehead atoms. The maximum atomic E-state index is 9.55. The summed E-state index contributed by atoms with van der Waals surface area (Å²) in [6.45, 7) is 3.73. The van der Waals surface area contributed by atoms with E-state index in [0.29, 0.717) is 38.8 Å². The molecule has 2 heterocycles. The average molecular weight is 424 g/mol.